The van der Waals surface area contributed by atoms with Crippen molar-refractivity contribution in [3.8, 4) is 4.20 Å². The Hall–Kier alpha value is 0.428. The predicted octanol–water partition coefficient (Wildman–Crippen LogP) is 0.0540. The summed E-state index contributed by atoms with van der Waals surface area (Å²) in [5.74, 6) is 0. The van der Waals surface area contributed by atoms with Gasteiger partial charge >= 0.3 is 48.9 Å². The minimum atomic E-state index is 0.995. The van der Waals surface area contributed by atoms with Gasteiger partial charge in [0, 0.05) is 0 Å². The van der Waals surface area contributed by atoms with Crippen molar-refractivity contribution in [2.45, 2.75) is 0 Å². The van der Waals surface area contributed by atoms with Crippen molar-refractivity contribution in [1.82, 2.24) is 4.90 Å². The quantitative estimate of drug-likeness (QED) is 0.639. The van der Waals surface area contributed by atoms with Gasteiger partial charge in [0.05, 0.1) is 0 Å². The van der Waals surface area contributed by atoms with E-state index in [1.807, 2.05) is 14.1 Å². The first-order valence-corrected chi connectivity index (χ1v) is 3.24. The summed E-state index contributed by atoms with van der Waals surface area (Å²) in [5.41, 5.74) is 0. The number of nitrogens with zero attached hydrogens (tertiary/aromatic N) is 1. The monoisotopic (exact) mass is 254 g/mol. The molecule has 0 aromatic rings. The zero-order valence-electron chi connectivity index (χ0n) is 4.06. The SMILES string of the molecule is CN(C)C[C]#[W]. The van der Waals surface area contributed by atoms with Crippen molar-refractivity contribution in [2.75, 3.05) is 20.6 Å². The maximum atomic E-state index is 3.08. The van der Waals surface area contributed by atoms with E-state index in [2.05, 4.69) is 9.10 Å². The zero-order chi connectivity index (χ0) is 4.99. The van der Waals surface area contributed by atoms with E-state index in [0.717, 1.165) is 6.54 Å². The average molecular weight is 254 g/mol. The molecule has 0 aliphatic carbocycles. The Balaban J connectivity index is 2.88. The van der Waals surface area contributed by atoms with E-state index in [9.17, 15) is 0 Å². The molecule has 0 aromatic heterocycles. The normalized spacial score (nSPS) is 8.33. The van der Waals surface area contributed by atoms with Crippen LogP contribution in [0.25, 0.3) is 0 Å². The standard InChI is InChI=1S/C4H8N.W/c1-4-5(2)3;/h4H2,2-3H3;. The van der Waals surface area contributed by atoms with Gasteiger partial charge in [0.25, 0.3) is 0 Å². The molecule has 0 aliphatic heterocycles. The van der Waals surface area contributed by atoms with E-state index < -0.39 is 0 Å². The van der Waals surface area contributed by atoms with Crippen LogP contribution in [0.2, 0.25) is 0 Å². The van der Waals surface area contributed by atoms with Gasteiger partial charge in [0.15, 0.2) is 0 Å². The van der Waals surface area contributed by atoms with E-state index in [0.29, 0.717) is 0 Å². The van der Waals surface area contributed by atoms with Gasteiger partial charge in [-0.3, -0.25) is 0 Å². The summed E-state index contributed by atoms with van der Waals surface area (Å²) in [6.07, 6.45) is 0. The van der Waals surface area contributed by atoms with Crippen molar-refractivity contribution in [2.24, 2.45) is 0 Å². The maximum absolute atomic E-state index is 3.08. The summed E-state index contributed by atoms with van der Waals surface area (Å²) >= 11 is 1.43. The second-order valence-electron chi connectivity index (χ2n) is 1.38. The summed E-state index contributed by atoms with van der Waals surface area (Å²) in [6, 6.07) is 0. The molecule has 1 nitrogen and oxygen atoms in total. The molecule has 0 fully saturated rings. The van der Waals surface area contributed by atoms with Gasteiger partial charge in [0.1, 0.15) is 0 Å². The average Bonchev–Trinajstić information content (AvgIpc) is 1.35. The summed E-state index contributed by atoms with van der Waals surface area (Å²) in [6.45, 7) is 0.995. The van der Waals surface area contributed by atoms with Crippen molar-refractivity contribution >= 4 is 0 Å². The molecule has 0 radical (unpaired) electrons. The van der Waals surface area contributed by atoms with Crippen LogP contribution in [0.3, 0.4) is 0 Å². The van der Waals surface area contributed by atoms with Crippen LogP contribution in [0.15, 0.2) is 0 Å². The Morgan fingerprint density at radius 3 is 2.17 bits per heavy atom. The Labute approximate surface area is 49.3 Å². The summed E-state index contributed by atoms with van der Waals surface area (Å²) in [7, 11) is 4.08. The Kier molecular flexibility index (Phi) is 3.87. The van der Waals surface area contributed by atoms with E-state index in [1.54, 1.807) is 0 Å². The molecule has 0 spiro atoms. The molecule has 0 heterocycles. The molecule has 0 aromatic carbocycles. The van der Waals surface area contributed by atoms with Crippen molar-refractivity contribution in [3.63, 3.8) is 0 Å². The van der Waals surface area contributed by atoms with Crippen molar-refractivity contribution < 1.29 is 19.2 Å². The second-order valence-corrected chi connectivity index (χ2v) is 2.42. The van der Waals surface area contributed by atoms with E-state index >= 15 is 0 Å². The third-order valence-corrected chi connectivity index (χ3v) is 0.845. The van der Waals surface area contributed by atoms with Crippen molar-refractivity contribution in [1.29, 1.82) is 0 Å². The molecule has 0 unspecified atom stereocenters. The predicted molar refractivity (Wildman–Crippen MR) is 22.4 cm³/mol. The van der Waals surface area contributed by atoms with Gasteiger partial charge in [-0.2, -0.15) is 0 Å². The molecule has 2 heteroatoms. The van der Waals surface area contributed by atoms with Crippen LogP contribution in [0.1, 0.15) is 0 Å². The first-order valence-electron chi connectivity index (χ1n) is 1.77. The van der Waals surface area contributed by atoms with Crippen LogP contribution in [0, 0.1) is 4.20 Å². The number of hydrogen-bond donors (Lipinski definition) is 0. The molecular formula is C4H8NW. The molecule has 6 heavy (non-hydrogen) atoms. The molecule has 0 N–H and O–H groups in total. The first kappa shape index (κ1) is 6.43. The minimum absolute atomic E-state index is 0.995. The van der Waals surface area contributed by atoms with Gasteiger partial charge in [-0.1, -0.05) is 0 Å². The first-order chi connectivity index (χ1) is 2.77. The molecule has 35 valence electrons. The summed E-state index contributed by atoms with van der Waals surface area (Å²) in [5, 5.41) is 0. The fourth-order valence-corrected chi connectivity index (χ4v) is 1.06. The van der Waals surface area contributed by atoms with Gasteiger partial charge in [-0.15, -0.1) is 0 Å². The zero-order valence-corrected chi connectivity index (χ0v) is 7.00. The van der Waals surface area contributed by atoms with Crippen LogP contribution in [0.5, 0.6) is 0 Å². The van der Waals surface area contributed by atoms with E-state index in [4.69, 9.17) is 0 Å². The third kappa shape index (κ3) is 4.43. The van der Waals surface area contributed by atoms with E-state index in [1.165, 1.54) is 19.2 Å². The van der Waals surface area contributed by atoms with Crippen LogP contribution in [-0.4, -0.2) is 25.5 Å². The molecule has 0 saturated heterocycles. The number of rotatable bonds is 1. The molecule has 0 rings (SSSR count). The molecule has 0 amide bonds. The van der Waals surface area contributed by atoms with Crippen molar-refractivity contribution in [3.05, 3.63) is 0 Å². The van der Waals surface area contributed by atoms with Crippen LogP contribution < -0.4 is 0 Å². The third-order valence-electron chi connectivity index (χ3n) is 0.381. The fourth-order valence-electron chi connectivity index (χ4n) is 0.129. The van der Waals surface area contributed by atoms with Crippen LogP contribution >= 0.6 is 0 Å². The molecular weight excluding hydrogens is 246 g/mol. The van der Waals surface area contributed by atoms with E-state index in [-0.39, 0.29) is 0 Å². The Morgan fingerprint density at radius 2 is 2.17 bits per heavy atom. The Bertz CT molecular complexity index is 62.4. The number of hydrogen-bond acceptors (Lipinski definition) is 1. The van der Waals surface area contributed by atoms with Gasteiger partial charge in [-0.25, -0.2) is 0 Å². The summed E-state index contributed by atoms with van der Waals surface area (Å²) in [4.78, 5) is 2.09. The fraction of sp³-hybridized carbons (Fsp3) is 0.750. The topological polar surface area (TPSA) is 3.24 Å². The Morgan fingerprint density at radius 1 is 1.67 bits per heavy atom. The molecule has 0 aliphatic rings. The summed E-state index contributed by atoms with van der Waals surface area (Å²) < 4.78 is 3.08. The van der Waals surface area contributed by atoms with Gasteiger partial charge in [0.2, 0.25) is 0 Å². The van der Waals surface area contributed by atoms with Gasteiger partial charge < -0.3 is 0 Å². The molecule has 0 atom stereocenters. The van der Waals surface area contributed by atoms with Crippen LogP contribution in [0.4, 0.5) is 0 Å². The van der Waals surface area contributed by atoms with Gasteiger partial charge in [-0.05, 0) is 0 Å². The molecule has 0 saturated carbocycles. The molecule has 0 bridgehead atoms. The second kappa shape index (κ2) is 3.61. The van der Waals surface area contributed by atoms with Crippen LogP contribution in [-0.2, 0) is 19.2 Å².